The quantitative estimate of drug-likeness (QED) is 0.425. The van der Waals surface area contributed by atoms with Crippen LogP contribution in [0.3, 0.4) is 0 Å². The first-order chi connectivity index (χ1) is 10.7. The van der Waals surface area contributed by atoms with Gasteiger partial charge in [0.25, 0.3) is 0 Å². The number of carbonyl (C=O) groups is 3. The fourth-order valence-corrected chi connectivity index (χ4v) is 0.565. The summed E-state index contributed by atoms with van der Waals surface area (Å²) in [6.45, 7) is 9.18. The zero-order valence-electron chi connectivity index (χ0n) is 15.1. The van der Waals surface area contributed by atoms with Gasteiger partial charge in [-0.3, -0.25) is 0 Å². The molecule has 9 nitrogen and oxygen atoms in total. The van der Waals surface area contributed by atoms with Crippen LogP contribution >= 0.6 is 0 Å². The summed E-state index contributed by atoms with van der Waals surface area (Å²) in [5, 5.41) is 42.5. The summed E-state index contributed by atoms with van der Waals surface area (Å²) in [7, 11) is 0. The Morgan fingerprint density at radius 1 is 0.917 bits per heavy atom. The van der Waals surface area contributed by atoms with Crippen molar-refractivity contribution in [3.8, 4) is 0 Å². The van der Waals surface area contributed by atoms with Crippen LogP contribution in [0.1, 0.15) is 54.4 Å². The SMILES string of the molecule is CCC(C)(O)C(=O)O.CCC(C)(O)C(=O)O.CCOC(=O)C(C)O. The molecule has 0 saturated heterocycles. The molecule has 24 heavy (non-hydrogen) atoms. The molecule has 3 atom stereocenters. The number of esters is 1. The Labute approximate surface area is 141 Å². The minimum Gasteiger partial charge on any atom is -0.479 e. The first kappa shape index (κ1) is 27.2. The molecule has 0 saturated carbocycles. The molecule has 0 aliphatic carbocycles. The van der Waals surface area contributed by atoms with Crippen LogP contribution in [-0.2, 0) is 19.1 Å². The fourth-order valence-electron chi connectivity index (χ4n) is 0.565. The van der Waals surface area contributed by atoms with Gasteiger partial charge in [0.2, 0.25) is 0 Å². The van der Waals surface area contributed by atoms with Gasteiger partial charge in [0, 0.05) is 0 Å². The lowest BCUT2D eigenvalue weighted by Crippen LogP contribution is -2.33. The largest absolute Gasteiger partial charge is 0.479 e. The standard InChI is InChI=1S/3C5H10O3/c2*1-3-5(2,8)4(6)7;1-3-8-5(7)4(2)6/h2*8H,3H2,1-2H3,(H,6,7);4,6H,3H2,1-2H3. The van der Waals surface area contributed by atoms with Gasteiger partial charge in [0.15, 0.2) is 11.2 Å². The lowest BCUT2D eigenvalue weighted by molar-refractivity contribution is -0.157. The van der Waals surface area contributed by atoms with Gasteiger partial charge < -0.3 is 30.3 Å². The minimum absolute atomic E-state index is 0.238. The van der Waals surface area contributed by atoms with E-state index in [1.54, 1.807) is 20.8 Å². The van der Waals surface area contributed by atoms with E-state index in [9.17, 15) is 14.4 Å². The smallest absolute Gasteiger partial charge is 0.335 e. The third-order valence-corrected chi connectivity index (χ3v) is 2.93. The van der Waals surface area contributed by atoms with Gasteiger partial charge in [-0.2, -0.15) is 0 Å². The van der Waals surface area contributed by atoms with Crippen LogP contribution in [0.25, 0.3) is 0 Å². The predicted molar refractivity (Wildman–Crippen MR) is 85.4 cm³/mol. The maximum absolute atomic E-state index is 10.3. The summed E-state index contributed by atoms with van der Waals surface area (Å²) in [5.41, 5.74) is -3.08. The number of hydrogen-bond acceptors (Lipinski definition) is 7. The zero-order chi connectivity index (χ0) is 20.1. The average molecular weight is 354 g/mol. The number of hydrogen-bond donors (Lipinski definition) is 5. The zero-order valence-corrected chi connectivity index (χ0v) is 15.1. The lowest BCUT2D eigenvalue weighted by Gasteiger charge is -2.13. The molecule has 0 aromatic carbocycles. The van der Waals surface area contributed by atoms with Crippen molar-refractivity contribution in [1.82, 2.24) is 0 Å². The Morgan fingerprint density at radius 3 is 1.25 bits per heavy atom. The van der Waals surface area contributed by atoms with E-state index in [1.807, 2.05) is 0 Å². The number of aliphatic hydroxyl groups excluding tert-OH is 1. The topological polar surface area (TPSA) is 162 Å². The number of aliphatic hydroxyl groups is 3. The van der Waals surface area contributed by atoms with Crippen molar-refractivity contribution >= 4 is 17.9 Å². The van der Waals surface area contributed by atoms with Crippen molar-refractivity contribution in [1.29, 1.82) is 0 Å². The summed E-state index contributed by atoms with van der Waals surface area (Å²) in [6.07, 6.45) is -0.514. The van der Waals surface area contributed by atoms with Crippen LogP contribution in [0, 0.1) is 0 Å². The third-order valence-electron chi connectivity index (χ3n) is 2.93. The summed E-state index contributed by atoms with van der Waals surface area (Å²) in [6, 6.07) is 0. The molecular weight excluding hydrogens is 324 g/mol. The average Bonchev–Trinajstić information content (AvgIpc) is 2.48. The Bertz CT molecular complexity index is 358. The number of rotatable bonds is 6. The molecule has 0 aliphatic heterocycles. The van der Waals surface area contributed by atoms with Gasteiger partial charge in [-0.05, 0) is 40.5 Å². The molecule has 0 aromatic heterocycles. The fraction of sp³-hybridized carbons (Fsp3) is 0.800. The Morgan fingerprint density at radius 2 is 1.21 bits per heavy atom. The van der Waals surface area contributed by atoms with Crippen LogP contribution in [-0.4, -0.2) is 67.4 Å². The lowest BCUT2D eigenvalue weighted by atomic mass is 10.1. The summed E-state index contributed by atoms with van der Waals surface area (Å²) < 4.78 is 4.41. The molecule has 0 spiro atoms. The minimum atomic E-state index is -1.54. The van der Waals surface area contributed by atoms with Gasteiger partial charge in [-0.1, -0.05) is 13.8 Å². The van der Waals surface area contributed by atoms with Crippen LogP contribution < -0.4 is 0 Å². The highest BCUT2D eigenvalue weighted by atomic mass is 16.5. The second-order valence-electron chi connectivity index (χ2n) is 5.29. The highest BCUT2D eigenvalue weighted by molar-refractivity contribution is 5.76. The van der Waals surface area contributed by atoms with Crippen molar-refractivity contribution in [2.24, 2.45) is 0 Å². The molecule has 0 rings (SSSR count). The van der Waals surface area contributed by atoms with Gasteiger partial charge >= 0.3 is 17.9 Å². The molecule has 0 aliphatic rings. The molecule has 144 valence electrons. The molecule has 3 unspecified atom stereocenters. The van der Waals surface area contributed by atoms with Gasteiger partial charge in [0.05, 0.1) is 6.61 Å². The molecular formula is C15H30O9. The number of carboxylic acids is 2. The van der Waals surface area contributed by atoms with Crippen molar-refractivity contribution < 1.29 is 44.7 Å². The normalized spacial score (nSPS) is 15.9. The summed E-state index contributed by atoms with van der Waals surface area (Å²) >= 11 is 0. The Balaban J connectivity index is -0.000000276. The molecule has 0 fully saturated rings. The van der Waals surface area contributed by atoms with Gasteiger partial charge in [0.1, 0.15) is 6.10 Å². The Hall–Kier alpha value is -1.71. The van der Waals surface area contributed by atoms with Crippen LogP contribution in [0.4, 0.5) is 0 Å². The maximum Gasteiger partial charge on any atom is 0.335 e. The van der Waals surface area contributed by atoms with Crippen LogP contribution in [0.15, 0.2) is 0 Å². The van der Waals surface area contributed by atoms with Gasteiger partial charge in [-0.15, -0.1) is 0 Å². The highest BCUT2D eigenvalue weighted by Gasteiger charge is 2.27. The number of ether oxygens (including phenoxy) is 1. The number of carbonyl (C=O) groups excluding carboxylic acids is 1. The van der Waals surface area contributed by atoms with E-state index < -0.39 is 35.2 Å². The molecule has 0 bridgehead atoms. The third kappa shape index (κ3) is 13.9. The second kappa shape index (κ2) is 12.7. The van der Waals surface area contributed by atoms with Crippen molar-refractivity contribution in [3.05, 3.63) is 0 Å². The van der Waals surface area contributed by atoms with Crippen molar-refractivity contribution in [3.63, 3.8) is 0 Å². The van der Waals surface area contributed by atoms with Crippen LogP contribution in [0.5, 0.6) is 0 Å². The van der Waals surface area contributed by atoms with E-state index in [1.165, 1.54) is 20.8 Å². The van der Waals surface area contributed by atoms with E-state index in [0.717, 1.165) is 0 Å². The van der Waals surface area contributed by atoms with E-state index >= 15 is 0 Å². The van der Waals surface area contributed by atoms with Gasteiger partial charge in [-0.25, -0.2) is 14.4 Å². The second-order valence-corrected chi connectivity index (χ2v) is 5.29. The van der Waals surface area contributed by atoms with E-state index in [2.05, 4.69) is 4.74 Å². The Kier molecular flexibility index (Phi) is 14.3. The van der Waals surface area contributed by atoms with Crippen molar-refractivity contribution in [2.75, 3.05) is 6.61 Å². The monoisotopic (exact) mass is 354 g/mol. The molecule has 5 N–H and O–H groups in total. The highest BCUT2D eigenvalue weighted by Crippen LogP contribution is 2.07. The summed E-state index contributed by atoms with van der Waals surface area (Å²) in [4.78, 5) is 30.3. The molecule has 0 heterocycles. The first-order valence-electron chi connectivity index (χ1n) is 7.45. The maximum atomic E-state index is 10.3. The van der Waals surface area contributed by atoms with E-state index in [0.29, 0.717) is 6.61 Å². The van der Waals surface area contributed by atoms with Crippen LogP contribution in [0.2, 0.25) is 0 Å². The summed E-state index contributed by atoms with van der Waals surface area (Å²) in [5.74, 6) is -2.90. The van der Waals surface area contributed by atoms with E-state index in [4.69, 9.17) is 25.5 Å². The number of carboxylic acid groups (broad SMARTS) is 2. The van der Waals surface area contributed by atoms with Crippen molar-refractivity contribution in [2.45, 2.75) is 71.7 Å². The molecule has 0 radical (unpaired) electrons. The molecule has 9 heteroatoms. The molecule has 0 amide bonds. The predicted octanol–water partition coefficient (Wildman–Crippen LogP) is 0.394. The first-order valence-corrected chi connectivity index (χ1v) is 7.45. The molecule has 0 aromatic rings. The van der Waals surface area contributed by atoms with E-state index in [-0.39, 0.29) is 12.8 Å². The number of aliphatic carboxylic acids is 2.